The topological polar surface area (TPSA) is 31.2 Å². The summed E-state index contributed by atoms with van der Waals surface area (Å²) in [6, 6.07) is 16.7. The van der Waals surface area contributed by atoms with E-state index < -0.39 is 0 Å². The fourth-order valence-electron chi connectivity index (χ4n) is 6.70. The highest BCUT2D eigenvalue weighted by Crippen LogP contribution is 2.57. The minimum atomic E-state index is -0.0237. The van der Waals surface area contributed by atoms with Gasteiger partial charge in [0.1, 0.15) is 5.84 Å². The zero-order valence-corrected chi connectivity index (χ0v) is 24.4. The van der Waals surface area contributed by atoms with Gasteiger partial charge in [-0.1, -0.05) is 49.2 Å². The van der Waals surface area contributed by atoms with Crippen LogP contribution in [-0.2, 0) is 12.0 Å². The number of aryl methyl sites for hydroxylation is 2. The Kier molecular flexibility index (Phi) is 6.92. The standard InChI is InChI=1S/C33H42N4S/c1-5-6-27-17-26(9-12-30(27)36-20-25(3)35-23-36)18-28-19-32(13-14-32)22-37-31(28)34-21-33(37,15-16-38-4)29-10-7-24(2)8-11-29/h7-12,17-18,23,25H,5-6,13-16,19-22H2,1-4H3/b28-18+. The predicted octanol–water partition coefficient (Wildman–Crippen LogP) is 7.11. The number of rotatable bonds is 8. The lowest BCUT2D eigenvalue weighted by Gasteiger charge is -2.46. The fraction of sp³-hybridized carbons (Fsp3) is 0.515. The van der Waals surface area contributed by atoms with Crippen LogP contribution in [0.2, 0.25) is 0 Å². The average molecular weight is 527 g/mol. The van der Waals surface area contributed by atoms with Gasteiger partial charge in [0.05, 0.1) is 24.5 Å². The van der Waals surface area contributed by atoms with Gasteiger partial charge in [-0.05, 0) is 104 Å². The molecule has 1 aliphatic carbocycles. The lowest BCUT2D eigenvalue weighted by atomic mass is 9.81. The number of hydrogen-bond acceptors (Lipinski definition) is 5. The number of aliphatic imine (C=N–C) groups is 2. The first-order valence-corrected chi connectivity index (χ1v) is 15.9. The van der Waals surface area contributed by atoms with Crippen LogP contribution in [0.25, 0.3) is 6.08 Å². The molecule has 6 rings (SSSR count). The maximum absolute atomic E-state index is 5.32. The third kappa shape index (κ3) is 4.72. The van der Waals surface area contributed by atoms with Gasteiger partial charge in [-0.2, -0.15) is 11.8 Å². The second kappa shape index (κ2) is 10.2. The number of benzene rings is 2. The molecule has 38 heavy (non-hydrogen) atoms. The third-order valence-electron chi connectivity index (χ3n) is 9.07. The predicted molar refractivity (Wildman–Crippen MR) is 165 cm³/mol. The Bertz CT molecular complexity index is 1270. The monoisotopic (exact) mass is 526 g/mol. The first-order valence-electron chi connectivity index (χ1n) is 14.5. The number of thioether (sulfide) groups is 1. The van der Waals surface area contributed by atoms with Crippen LogP contribution < -0.4 is 4.90 Å². The van der Waals surface area contributed by atoms with E-state index in [9.17, 15) is 0 Å². The van der Waals surface area contributed by atoms with Crippen molar-refractivity contribution in [2.75, 3.05) is 36.5 Å². The van der Waals surface area contributed by atoms with Crippen molar-refractivity contribution < 1.29 is 0 Å². The number of anilines is 1. The number of fused-ring (bicyclic) bond motifs is 1. The Labute approximate surface area is 233 Å². The molecule has 2 aromatic carbocycles. The van der Waals surface area contributed by atoms with E-state index in [2.05, 4.69) is 90.4 Å². The number of piperidine rings is 1. The Morgan fingerprint density at radius 2 is 1.95 bits per heavy atom. The van der Waals surface area contributed by atoms with E-state index in [0.29, 0.717) is 11.5 Å². The largest absolute Gasteiger partial charge is 0.344 e. The van der Waals surface area contributed by atoms with E-state index in [0.717, 1.165) is 51.1 Å². The molecule has 0 N–H and O–H groups in total. The van der Waals surface area contributed by atoms with E-state index in [1.54, 1.807) is 0 Å². The smallest absolute Gasteiger partial charge is 0.127 e. The molecule has 0 bridgehead atoms. The summed E-state index contributed by atoms with van der Waals surface area (Å²) < 4.78 is 0. The molecule has 1 saturated heterocycles. The lowest BCUT2D eigenvalue weighted by Crippen LogP contribution is -2.52. The van der Waals surface area contributed by atoms with Crippen LogP contribution in [0.1, 0.15) is 68.2 Å². The molecule has 2 atom stereocenters. The number of nitrogens with zero attached hydrogens (tertiary/aromatic N) is 4. The van der Waals surface area contributed by atoms with Crippen molar-refractivity contribution >= 4 is 35.7 Å². The molecule has 3 heterocycles. The molecule has 1 spiro atoms. The summed E-state index contributed by atoms with van der Waals surface area (Å²) in [5, 5.41) is 0. The minimum absolute atomic E-state index is 0.0237. The van der Waals surface area contributed by atoms with Gasteiger partial charge in [-0.15, -0.1) is 0 Å². The Morgan fingerprint density at radius 1 is 1.13 bits per heavy atom. The molecule has 0 amide bonds. The highest BCUT2D eigenvalue weighted by atomic mass is 32.2. The summed E-state index contributed by atoms with van der Waals surface area (Å²) >= 11 is 1.96. The Morgan fingerprint density at radius 3 is 2.63 bits per heavy atom. The van der Waals surface area contributed by atoms with Crippen LogP contribution in [-0.4, -0.2) is 54.8 Å². The normalized spacial score (nSPS) is 26.4. The van der Waals surface area contributed by atoms with E-state index in [1.165, 1.54) is 52.2 Å². The highest BCUT2D eigenvalue weighted by molar-refractivity contribution is 7.98. The van der Waals surface area contributed by atoms with E-state index in [-0.39, 0.29) is 5.54 Å². The first kappa shape index (κ1) is 25.7. The maximum atomic E-state index is 5.32. The zero-order chi connectivity index (χ0) is 26.3. The van der Waals surface area contributed by atoms with Crippen molar-refractivity contribution in [2.45, 2.75) is 70.9 Å². The second-order valence-corrected chi connectivity index (χ2v) is 13.1. The molecule has 4 nitrogen and oxygen atoms in total. The molecular formula is C33H42N4S. The Hall–Kier alpha value is -2.53. The maximum Gasteiger partial charge on any atom is 0.127 e. The van der Waals surface area contributed by atoms with E-state index in [1.807, 2.05) is 18.1 Å². The van der Waals surface area contributed by atoms with Crippen molar-refractivity contribution in [1.82, 2.24) is 4.90 Å². The molecule has 3 aliphatic heterocycles. The quantitative estimate of drug-likeness (QED) is 0.367. The van der Waals surface area contributed by atoms with Crippen LogP contribution in [0.15, 0.2) is 58.0 Å². The van der Waals surface area contributed by atoms with Crippen LogP contribution in [0.4, 0.5) is 5.69 Å². The summed E-state index contributed by atoms with van der Waals surface area (Å²) in [5.41, 5.74) is 8.67. The average Bonchev–Trinajstić information content (AvgIpc) is 3.33. The van der Waals surface area contributed by atoms with Crippen molar-refractivity contribution in [3.8, 4) is 0 Å². The van der Waals surface area contributed by atoms with Gasteiger partial charge < -0.3 is 9.80 Å². The zero-order valence-electron chi connectivity index (χ0n) is 23.5. The SMILES string of the molecule is CCCc1cc(/C=C2\CC3(CC3)CN3C2=NCC3(CCSC)c2ccc(C)cc2)ccc1N1C=NC(C)C1. The molecule has 0 radical (unpaired) electrons. The van der Waals surface area contributed by atoms with Crippen molar-refractivity contribution in [2.24, 2.45) is 15.4 Å². The second-order valence-electron chi connectivity index (χ2n) is 12.1. The lowest BCUT2D eigenvalue weighted by molar-refractivity contribution is 0.154. The fourth-order valence-corrected chi connectivity index (χ4v) is 7.24. The van der Waals surface area contributed by atoms with Gasteiger partial charge in [0.25, 0.3) is 0 Å². The van der Waals surface area contributed by atoms with Gasteiger partial charge in [-0.25, -0.2) is 0 Å². The minimum Gasteiger partial charge on any atom is -0.344 e. The summed E-state index contributed by atoms with van der Waals surface area (Å²) in [6.07, 6.45) is 13.9. The van der Waals surface area contributed by atoms with E-state index in [4.69, 9.17) is 4.99 Å². The molecule has 200 valence electrons. The third-order valence-corrected chi connectivity index (χ3v) is 9.68. The molecule has 0 aromatic heterocycles. The van der Waals surface area contributed by atoms with Crippen LogP contribution in [0, 0.1) is 12.3 Å². The molecule has 5 heteroatoms. The number of hydrogen-bond donors (Lipinski definition) is 0. The summed E-state index contributed by atoms with van der Waals surface area (Å²) in [6.45, 7) is 9.64. The van der Waals surface area contributed by atoms with Gasteiger partial charge >= 0.3 is 0 Å². The molecule has 2 fully saturated rings. The van der Waals surface area contributed by atoms with Crippen molar-refractivity contribution in [3.63, 3.8) is 0 Å². The van der Waals surface area contributed by atoms with Crippen molar-refractivity contribution in [3.05, 3.63) is 70.3 Å². The van der Waals surface area contributed by atoms with Gasteiger partial charge in [0.15, 0.2) is 0 Å². The Balaban J connectivity index is 1.36. The molecule has 4 aliphatic rings. The molecule has 1 saturated carbocycles. The first-order chi connectivity index (χ1) is 18.4. The van der Waals surface area contributed by atoms with Gasteiger partial charge in [-0.3, -0.25) is 9.98 Å². The highest BCUT2D eigenvalue weighted by Gasteiger charge is 2.55. The molecular weight excluding hydrogens is 484 g/mol. The molecule has 2 unspecified atom stereocenters. The van der Waals surface area contributed by atoms with E-state index >= 15 is 0 Å². The summed E-state index contributed by atoms with van der Waals surface area (Å²) in [7, 11) is 0. The molecule has 2 aromatic rings. The van der Waals surface area contributed by atoms with Gasteiger partial charge in [0.2, 0.25) is 0 Å². The number of amidine groups is 1. The van der Waals surface area contributed by atoms with Crippen LogP contribution in [0.3, 0.4) is 0 Å². The van der Waals surface area contributed by atoms with Crippen molar-refractivity contribution in [1.29, 1.82) is 0 Å². The summed E-state index contributed by atoms with van der Waals surface area (Å²) in [5.74, 6) is 2.41. The summed E-state index contributed by atoms with van der Waals surface area (Å²) in [4.78, 5) is 15.0. The van der Waals surface area contributed by atoms with Crippen LogP contribution in [0.5, 0.6) is 0 Å². The van der Waals surface area contributed by atoms with Gasteiger partial charge in [0, 0.05) is 18.8 Å². The van der Waals surface area contributed by atoms with Crippen LogP contribution >= 0.6 is 11.8 Å².